The lowest BCUT2D eigenvalue weighted by molar-refractivity contribution is -0.120. The Hall–Kier alpha value is -0.570. The number of carbonyl (C=O) groups excluding carboxylic acids is 1. The molecular weight excluding hydrogens is 232 g/mol. The Bertz CT molecular complexity index is 312. The molecule has 0 amide bonds. The van der Waals surface area contributed by atoms with E-state index in [2.05, 4.69) is 15.9 Å². The van der Waals surface area contributed by atoms with Crippen molar-refractivity contribution >= 4 is 22.2 Å². The quantitative estimate of drug-likeness (QED) is 0.764. The molecule has 1 heterocycles. The summed E-state index contributed by atoms with van der Waals surface area (Å²) < 4.78 is 6.11. The van der Waals surface area contributed by atoms with E-state index < -0.39 is 0 Å². The van der Waals surface area contributed by atoms with Crippen molar-refractivity contribution in [2.24, 2.45) is 5.41 Å². The van der Waals surface area contributed by atoms with Crippen LogP contribution in [0.2, 0.25) is 0 Å². The minimum Gasteiger partial charge on any atom is -0.454 e. The van der Waals surface area contributed by atoms with Gasteiger partial charge in [0.05, 0.1) is 0 Å². The van der Waals surface area contributed by atoms with Crippen molar-refractivity contribution in [2.75, 3.05) is 0 Å². The van der Waals surface area contributed by atoms with Gasteiger partial charge in [-0.1, -0.05) is 6.42 Å². The maximum atomic E-state index is 10.9. The average Bonchev–Trinajstić information content (AvgIpc) is 2.44. The highest BCUT2D eigenvalue weighted by molar-refractivity contribution is 9.10. The second-order valence-electron chi connectivity index (χ2n) is 3.72. The van der Waals surface area contributed by atoms with Gasteiger partial charge in [-0.15, -0.1) is 0 Å². The molecule has 1 aromatic heterocycles. The highest BCUT2D eigenvalue weighted by Crippen LogP contribution is 2.42. The minimum atomic E-state index is -0.114. The van der Waals surface area contributed by atoms with Gasteiger partial charge in [0.15, 0.2) is 4.67 Å². The molecule has 0 atom stereocenters. The number of hydrogen-bond acceptors (Lipinski definition) is 2. The number of hydrogen-bond donors (Lipinski definition) is 0. The standard InChI is InChI=1S/C10H11BrO2/c11-9-3-2-8(13-9)6-10(7-12)4-1-5-10/h2-3,7H,1,4-6H2. The molecule has 1 aliphatic carbocycles. The first-order chi connectivity index (χ1) is 6.24. The number of halogens is 1. The maximum absolute atomic E-state index is 10.9. The van der Waals surface area contributed by atoms with Gasteiger partial charge in [-0.2, -0.15) is 0 Å². The number of aldehydes is 1. The van der Waals surface area contributed by atoms with Crippen LogP contribution in [0.5, 0.6) is 0 Å². The Kier molecular flexibility index (Phi) is 2.28. The van der Waals surface area contributed by atoms with Crippen LogP contribution in [0, 0.1) is 5.41 Å². The lowest BCUT2D eigenvalue weighted by atomic mass is 9.67. The third-order valence-corrected chi connectivity index (χ3v) is 3.18. The Morgan fingerprint density at radius 3 is 2.69 bits per heavy atom. The van der Waals surface area contributed by atoms with E-state index in [1.165, 1.54) is 6.42 Å². The smallest absolute Gasteiger partial charge is 0.169 e. The monoisotopic (exact) mass is 242 g/mol. The van der Waals surface area contributed by atoms with Crippen LogP contribution >= 0.6 is 15.9 Å². The summed E-state index contributed by atoms with van der Waals surface area (Å²) in [6.07, 6.45) is 5.03. The highest BCUT2D eigenvalue weighted by Gasteiger charge is 2.37. The van der Waals surface area contributed by atoms with Crippen molar-refractivity contribution in [3.05, 3.63) is 22.6 Å². The molecule has 1 fully saturated rings. The number of rotatable bonds is 3. The molecule has 0 bridgehead atoms. The van der Waals surface area contributed by atoms with E-state index in [4.69, 9.17) is 4.42 Å². The van der Waals surface area contributed by atoms with Crippen LogP contribution in [0.25, 0.3) is 0 Å². The van der Waals surface area contributed by atoms with E-state index in [1.54, 1.807) is 0 Å². The third kappa shape index (κ3) is 1.70. The molecule has 1 aliphatic rings. The zero-order valence-corrected chi connectivity index (χ0v) is 8.84. The topological polar surface area (TPSA) is 30.2 Å². The normalized spacial score (nSPS) is 19.5. The second-order valence-corrected chi connectivity index (χ2v) is 4.50. The molecular formula is C10H11BrO2. The lowest BCUT2D eigenvalue weighted by Crippen LogP contribution is -2.33. The zero-order valence-electron chi connectivity index (χ0n) is 7.25. The van der Waals surface area contributed by atoms with Gasteiger partial charge in [-0.25, -0.2) is 0 Å². The Balaban J connectivity index is 2.08. The molecule has 13 heavy (non-hydrogen) atoms. The van der Waals surface area contributed by atoms with E-state index in [0.29, 0.717) is 0 Å². The maximum Gasteiger partial charge on any atom is 0.169 e. The summed E-state index contributed by atoms with van der Waals surface area (Å²) in [4.78, 5) is 10.9. The van der Waals surface area contributed by atoms with Crippen LogP contribution in [0.15, 0.2) is 21.2 Å². The summed E-state index contributed by atoms with van der Waals surface area (Å²) in [7, 11) is 0. The van der Waals surface area contributed by atoms with Gasteiger partial charge in [0, 0.05) is 11.8 Å². The molecule has 0 saturated heterocycles. The number of carbonyl (C=O) groups is 1. The van der Waals surface area contributed by atoms with Crippen LogP contribution in [0.4, 0.5) is 0 Å². The van der Waals surface area contributed by atoms with E-state index in [9.17, 15) is 4.79 Å². The van der Waals surface area contributed by atoms with Crippen molar-refractivity contribution in [3.8, 4) is 0 Å². The molecule has 0 aromatic carbocycles. The van der Waals surface area contributed by atoms with Gasteiger partial charge < -0.3 is 9.21 Å². The first kappa shape index (κ1) is 9.00. The van der Waals surface area contributed by atoms with E-state index >= 15 is 0 Å². The SMILES string of the molecule is O=CC1(Cc2ccc(Br)o2)CCC1. The molecule has 0 aliphatic heterocycles. The molecule has 0 spiro atoms. The summed E-state index contributed by atoms with van der Waals surface area (Å²) in [6, 6.07) is 3.79. The zero-order chi connectivity index (χ0) is 9.31. The Morgan fingerprint density at radius 1 is 1.54 bits per heavy atom. The van der Waals surface area contributed by atoms with Crippen molar-refractivity contribution in [3.63, 3.8) is 0 Å². The van der Waals surface area contributed by atoms with Crippen molar-refractivity contribution < 1.29 is 9.21 Å². The number of furan rings is 1. The molecule has 70 valence electrons. The average molecular weight is 243 g/mol. The van der Waals surface area contributed by atoms with Crippen LogP contribution < -0.4 is 0 Å². The molecule has 1 saturated carbocycles. The Morgan fingerprint density at radius 2 is 2.31 bits per heavy atom. The van der Waals surface area contributed by atoms with Gasteiger partial charge >= 0.3 is 0 Å². The molecule has 0 unspecified atom stereocenters. The molecule has 3 heteroatoms. The van der Waals surface area contributed by atoms with Gasteiger partial charge in [0.25, 0.3) is 0 Å². The van der Waals surface area contributed by atoms with Gasteiger partial charge in [-0.05, 0) is 40.9 Å². The first-order valence-electron chi connectivity index (χ1n) is 4.45. The second kappa shape index (κ2) is 3.29. The van der Waals surface area contributed by atoms with E-state index in [0.717, 1.165) is 36.0 Å². The molecule has 1 aromatic rings. The highest BCUT2D eigenvalue weighted by atomic mass is 79.9. The summed E-state index contributed by atoms with van der Waals surface area (Å²) in [5.74, 6) is 0.902. The molecule has 0 radical (unpaired) electrons. The third-order valence-electron chi connectivity index (χ3n) is 2.75. The van der Waals surface area contributed by atoms with E-state index in [-0.39, 0.29) is 5.41 Å². The molecule has 2 rings (SSSR count). The fraction of sp³-hybridized carbons (Fsp3) is 0.500. The van der Waals surface area contributed by atoms with Gasteiger partial charge in [0.1, 0.15) is 12.0 Å². The molecule has 0 N–H and O–H groups in total. The summed E-state index contributed by atoms with van der Waals surface area (Å²) in [5, 5.41) is 0. The largest absolute Gasteiger partial charge is 0.454 e. The summed E-state index contributed by atoms with van der Waals surface area (Å²) in [6.45, 7) is 0. The van der Waals surface area contributed by atoms with Crippen LogP contribution in [-0.4, -0.2) is 6.29 Å². The van der Waals surface area contributed by atoms with E-state index in [1.807, 2.05) is 12.1 Å². The van der Waals surface area contributed by atoms with Crippen molar-refractivity contribution in [1.82, 2.24) is 0 Å². The van der Waals surface area contributed by atoms with Crippen LogP contribution in [-0.2, 0) is 11.2 Å². The minimum absolute atomic E-state index is 0.114. The fourth-order valence-electron chi connectivity index (χ4n) is 1.76. The van der Waals surface area contributed by atoms with Crippen molar-refractivity contribution in [2.45, 2.75) is 25.7 Å². The summed E-state index contributed by atoms with van der Waals surface area (Å²) in [5.41, 5.74) is -0.114. The Labute approximate surface area is 85.4 Å². The molecule has 2 nitrogen and oxygen atoms in total. The fourth-order valence-corrected chi connectivity index (χ4v) is 2.10. The van der Waals surface area contributed by atoms with Crippen LogP contribution in [0.3, 0.4) is 0 Å². The lowest BCUT2D eigenvalue weighted by Gasteiger charge is -2.35. The van der Waals surface area contributed by atoms with Gasteiger partial charge in [-0.3, -0.25) is 0 Å². The first-order valence-corrected chi connectivity index (χ1v) is 5.24. The predicted molar refractivity (Wildman–Crippen MR) is 52.5 cm³/mol. The van der Waals surface area contributed by atoms with Crippen molar-refractivity contribution in [1.29, 1.82) is 0 Å². The predicted octanol–water partition coefficient (Wildman–Crippen LogP) is 2.95. The van der Waals surface area contributed by atoms with Crippen LogP contribution in [0.1, 0.15) is 25.0 Å². The summed E-state index contributed by atoms with van der Waals surface area (Å²) >= 11 is 3.25. The van der Waals surface area contributed by atoms with Gasteiger partial charge in [0.2, 0.25) is 0 Å².